The first-order valence-corrected chi connectivity index (χ1v) is 3.94. The lowest BCUT2D eigenvalue weighted by Gasteiger charge is -1.90. The fourth-order valence-electron chi connectivity index (χ4n) is 0.542. The lowest BCUT2D eigenvalue weighted by molar-refractivity contribution is -0.138. The van der Waals surface area contributed by atoms with Gasteiger partial charge < -0.3 is 10.8 Å². The third-order valence-corrected chi connectivity index (χ3v) is 1.27. The average molecular weight is 169 g/mol. The van der Waals surface area contributed by atoms with Crippen molar-refractivity contribution in [1.82, 2.24) is 0 Å². The van der Waals surface area contributed by atoms with Crippen LogP contribution in [0.1, 0.15) is 19.8 Å². The maximum Gasteiger partial charge on any atom is 0.320 e. The lowest BCUT2D eigenvalue weighted by Crippen LogP contribution is -2.25. The maximum absolute atomic E-state index is 9.57. The molecule has 0 bridgehead atoms. The minimum Gasteiger partial charge on any atom is -0.480 e. The molecule has 0 heterocycles. The fraction of sp³-hybridized carbons (Fsp3) is 0.444. The van der Waals surface area contributed by atoms with Crippen LogP contribution in [-0.4, -0.2) is 17.1 Å². The SMILES string of the molecule is C1=CCCC=C1.CC(N)C(=O)O. The van der Waals surface area contributed by atoms with Crippen molar-refractivity contribution >= 4 is 5.97 Å². The van der Waals surface area contributed by atoms with Crippen LogP contribution in [-0.2, 0) is 4.79 Å². The number of nitrogens with two attached hydrogens (primary N) is 1. The zero-order chi connectivity index (χ0) is 9.40. The summed E-state index contributed by atoms with van der Waals surface area (Å²) >= 11 is 0. The third-order valence-electron chi connectivity index (χ3n) is 1.27. The lowest BCUT2D eigenvalue weighted by atomic mass is 10.2. The second kappa shape index (κ2) is 6.61. The monoisotopic (exact) mass is 169 g/mol. The molecule has 68 valence electrons. The van der Waals surface area contributed by atoms with E-state index < -0.39 is 12.0 Å². The summed E-state index contributed by atoms with van der Waals surface area (Å²) in [5.41, 5.74) is 4.84. The zero-order valence-corrected chi connectivity index (χ0v) is 7.23. The van der Waals surface area contributed by atoms with Crippen LogP contribution >= 0.6 is 0 Å². The predicted octanol–water partition coefficient (Wildman–Crippen LogP) is 1.31. The topological polar surface area (TPSA) is 63.3 Å². The van der Waals surface area contributed by atoms with Crippen LogP contribution in [0.3, 0.4) is 0 Å². The van der Waals surface area contributed by atoms with Crippen LogP contribution in [0.25, 0.3) is 0 Å². The van der Waals surface area contributed by atoms with E-state index in [4.69, 9.17) is 10.8 Å². The molecule has 3 N–H and O–H groups in total. The van der Waals surface area contributed by atoms with Gasteiger partial charge in [-0.05, 0) is 19.8 Å². The highest BCUT2D eigenvalue weighted by atomic mass is 16.4. The van der Waals surface area contributed by atoms with Gasteiger partial charge in [-0.25, -0.2) is 0 Å². The molecule has 1 aliphatic carbocycles. The minimum absolute atomic E-state index is 0.731. The first-order chi connectivity index (χ1) is 5.64. The molecule has 0 fully saturated rings. The van der Waals surface area contributed by atoms with Gasteiger partial charge in [0.05, 0.1) is 0 Å². The van der Waals surface area contributed by atoms with Gasteiger partial charge >= 0.3 is 5.97 Å². The summed E-state index contributed by atoms with van der Waals surface area (Å²) < 4.78 is 0. The van der Waals surface area contributed by atoms with E-state index in [0.29, 0.717) is 0 Å². The summed E-state index contributed by atoms with van der Waals surface area (Å²) in [6.45, 7) is 1.42. The standard InChI is InChI=1S/C6H8.C3H7NO2/c1-2-4-6-5-3-1;1-2(4)3(5)6/h1-4H,5-6H2;2H,4H2,1H3,(H,5,6). The van der Waals surface area contributed by atoms with E-state index >= 15 is 0 Å². The van der Waals surface area contributed by atoms with Crippen molar-refractivity contribution < 1.29 is 9.90 Å². The van der Waals surface area contributed by atoms with E-state index in [1.54, 1.807) is 0 Å². The molecule has 1 aliphatic rings. The van der Waals surface area contributed by atoms with Crippen molar-refractivity contribution in [2.75, 3.05) is 0 Å². The Bertz CT molecular complexity index is 171. The Hall–Kier alpha value is -1.09. The number of carboxylic acids is 1. The van der Waals surface area contributed by atoms with Crippen LogP contribution in [0.4, 0.5) is 0 Å². The van der Waals surface area contributed by atoms with E-state index in [2.05, 4.69) is 24.3 Å². The molecular weight excluding hydrogens is 154 g/mol. The van der Waals surface area contributed by atoms with Crippen LogP contribution in [0.5, 0.6) is 0 Å². The molecule has 0 saturated carbocycles. The molecule has 12 heavy (non-hydrogen) atoms. The quantitative estimate of drug-likeness (QED) is 0.622. The molecule has 0 radical (unpaired) electrons. The molecule has 3 heteroatoms. The summed E-state index contributed by atoms with van der Waals surface area (Å²) in [7, 11) is 0. The molecule has 0 saturated heterocycles. The minimum atomic E-state index is -0.963. The molecule has 0 aromatic carbocycles. The van der Waals surface area contributed by atoms with Crippen molar-refractivity contribution in [1.29, 1.82) is 0 Å². The van der Waals surface area contributed by atoms with Crippen LogP contribution < -0.4 is 5.73 Å². The van der Waals surface area contributed by atoms with Gasteiger partial charge in [-0.1, -0.05) is 24.3 Å². The molecule has 0 aromatic rings. The summed E-state index contributed by atoms with van der Waals surface area (Å²) in [6.07, 6.45) is 11.0. The Labute approximate surface area is 72.6 Å². The average Bonchev–Trinajstić information content (AvgIpc) is 2.08. The largest absolute Gasteiger partial charge is 0.480 e. The number of aliphatic carboxylic acids is 1. The van der Waals surface area contributed by atoms with Gasteiger partial charge in [0, 0.05) is 0 Å². The number of rotatable bonds is 1. The Balaban J connectivity index is 0.000000202. The molecular formula is C9H15NO2. The number of carbonyl (C=O) groups is 1. The van der Waals surface area contributed by atoms with Crippen LogP contribution in [0, 0.1) is 0 Å². The molecule has 0 aromatic heterocycles. The summed E-state index contributed by atoms with van der Waals surface area (Å²) in [5.74, 6) is -0.963. The number of hydrogen-bond acceptors (Lipinski definition) is 2. The van der Waals surface area contributed by atoms with E-state index in [-0.39, 0.29) is 0 Å². The fourth-order valence-corrected chi connectivity index (χ4v) is 0.542. The van der Waals surface area contributed by atoms with Gasteiger partial charge in [0.25, 0.3) is 0 Å². The van der Waals surface area contributed by atoms with Crippen LogP contribution in [0.15, 0.2) is 24.3 Å². The molecule has 1 rings (SSSR count). The Kier molecular flexibility index (Phi) is 6.01. The van der Waals surface area contributed by atoms with Gasteiger partial charge in [0.15, 0.2) is 0 Å². The summed E-state index contributed by atoms with van der Waals surface area (Å²) in [4.78, 5) is 9.57. The maximum atomic E-state index is 9.57. The molecule has 1 atom stereocenters. The highest BCUT2D eigenvalue weighted by Gasteiger charge is 1.99. The van der Waals surface area contributed by atoms with Crippen molar-refractivity contribution in [2.45, 2.75) is 25.8 Å². The normalized spacial score (nSPS) is 16.2. The highest BCUT2D eigenvalue weighted by Crippen LogP contribution is 1.98. The zero-order valence-electron chi connectivity index (χ0n) is 7.23. The van der Waals surface area contributed by atoms with E-state index in [1.165, 1.54) is 19.8 Å². The number of hydrogen-bond donors (Lipinski definition) is 2. The Morgan fingerprint density at radius 3 is 1.83 bits per heavy atom. The third kappa shape index (κ3) is 7.02. The molecule has 0 aliphatic heterocycles. The molecule has 0 spiro atoms. The van der Waals surface area contributed by atoms with Crippen molar-refractivity contribution in [3.63, 3.8) is 0 Å². The van der Waals surface area contributed by atoms with Gasteiger partial charge in [-0.2, -0.15) is 0 Å². The second-order valence-electron chi connectivity index (χ2n) is 2.56. The first kappa shape index (κ1) is 10.9. The van der Waals surface area contributed by atoms with Crippen molar-refractivity contribution in [3.8, 4) is 0 Å². The molecule has 1 unspecified atom stereocenters. The summed E-state index contributed by atoms with van der Waals surface area (Å²) in [5, 5.41) is 7.87. The summed E-state index contributed by atoms with van der Waals surface area (Å²) in [6, 6.07) is -0.731. The van der Waals surface area contributed by atoms with E-state index in [0.717, 1.165) is 0 Å². The molecule has 3 nitrogen and oxygen atoms in total. The number of allylic oxidation sites excluding steroid dienone is 4. The van der Waals surface area contributed by atoms with Gasteiger partial charge in [0.1, 0.15) is 6.04 Å². The van der Waals surface area contributed by atoms with E-state index in [1.807, 2.05) is 0 Å². The van der Waals surface area contributed by atoms with Crippen molar-refractivity contribution in [2.24, 2.45) is 5.73 Å². The number of carboxylic acid groups (broad SMARTS) is 1. The smallest absolute Gasteiger partial charge is 0.320 e. The second-order valence-corrected chi connectivity index (χ2v) is 2.56. The van der Waals surface area contributed by atoms with E-state index in [9.17, 15) is 4.79 Å². The first-order valence-electron chi connectivity index (χ1n) is 3.94. The van der Waals surface area contributed by atoms with Gasteiger partial charge in [-0.3, -0.25) is 4.79 Å². The Morgan fingerprint density at radius 2 is 1.75 bits per heavy atom. The van der Waals surface area contributed by atoms with Gasteiger partial charge in [0.2, 0.25) is 0 Å². The predicted molar refractivity (Wildman–Crippen MR) is 48.8 cm³/mol. The van der Waals surface area contributed by atoms with Crippen molar-refractivity contribution in [3.05, 3.63) is 24.3 Å². The van der Waals surface area contributed by atoms with Crippen LogP contribution in [0.2, 0.25) is 0 Å². The van der Waals surface area contributed by atoms with Gasteiger partial charge in [-0.15, -0.1) is 0 Å². The molecule has 0 amide bonds. The Morgan fingerprint density at radius 1 is 1.42 bits per heavy atom. The highest BCUT2D eigenvalue weighted by molar-refractivity contribution is 5.72.